The minimum atomic E-state index is -0.0991. The Morgan fingerprint density at radius 1 is 1.00 bits per heavy atom. The molecule has 2 aromatic heterocycles. The summed E-state index contributed by atoms with van der Waals surface area (Å²) in [7, 11) is 0. The standard InChI is InChI=1S/C32H39N5O2/c1-24-15-17-27(18-16-24)31(38)36(21-9-19-33)22-25(2)10-6-7-14-29-35-28-13-8-20-34-30(28)32(39)37(29)23-26-11-4-3-5-12-26/h3-5,8,11-13,15-18,20,25H,6-7,9-10,14,19,21-23,33H2,1-2H3. The van der Waals surface area contributed by atoms with E-state index in [2.05, 4.69) is 11.9 Å². The van der Waals surface area contributed by atoms with Crippen LogP contribution in [0.2, 0.25) is 0 Å². The minimum Gasteiger partial charge on any atom is -0.338 e. The van der Waals surface area contributed by atoms with Gasteiger partial charge in [-0.3, -0.25) is 14.2 Å². The Morgan fingerprint density at radius 3 is 2.51 bits per heavy atom. The lowest BCUT2D eigenvalue weighted by molar-refractivity contribution is 0.0728. The van der Waals surface area contributed by atoms with Crippen LogP contribution in [-0.2, 0) is 13.0 Å². The highest BCUT2D eigenvalue weighted by Gasteiger charge is 2.18. The molecule has 2 aromatic carbocycles. The quantitative estimate of drug-likeness (QED) is 0.248. The summed E-state index contributed by atoms with van der Waals surface area (Å²) < 4.78 is 1.77. The number of unbranched alkanes of at least 4 members (excludes halogenated alkanes) is 1. The van der Waals surface area contributed by atoms with Crippen molar-refractivity contribution in [3.05, 3.63) is 106 Å². The monoisotopic (exact) mass is 525 g/mol. The number of nitrogens with zero attached hydrogens (tertiary/aromatic N) is 4. The molecule has 4 aromatic rings. The summed E-state index contributed by atoms with van der Waals surface area (Å²) in [6, 6.07) is 21.4. The summed E-state index contributed by atoms with van der Waals surface area (Å²) in [4.78, 5) is 37.6. The molecular formula is C32H39N5O2. The number of hydrogen-bond acceptors (Lipinski definition) is 5. The fraction of sp³-hybridized carbons (Fsp3) is 0.375. The summed E-state index contributed by atoms with van der Waals surface area (Å²) in [5.41, 5.74) is 9.62. The Morgan fingerprint density at radius 2 is 1.77 bits per heavy atom. The molecule has 0 saturated carbocycles. The van der Waals surface area contributed by atoms with E-state index < -0.39 is 0 Å². The summed E-state index contributed by atoms with van der Waals surface area (Å²) in [6.45, 7) is 6.61. The van der Waals surface area contributed by atoms with Crippen molar-refractivity contribution in [3.63, 3.8) is 0 Å². The molecule has 1 atom stereocenters. The average molecular weight is 526 g/mol. The lowest BCUT2D eigenvalue weighted by Crippen LogP contribution is -2.36. The minimum absolute atomic E-state index is 0.0641. The normalized spacial score (nSPS) is 12.0. The maximum absolute atomic E-state index is 13.3. The van der Waals surface area contributed by atoms with Crippen molar-refractivity contribution in [2.24, 2.45) is 11.7 Å². The zero-order valence-corrected chi connectivity index (χ0v) is 23.1. The predicted molar refractivity (Wildman–Crippen MR) is 157 cm³/mol. The van der Waals surface area contributed by atoms with Crippen LogP contribution in [0.5, 0.6) is 0 Å². The average Bonchev–Trinajstić information content (AvgIpc) is 2.96. The summed E-state index contributed by atoms with van der Waals surface area (Å²) in [6.07, 6.45) is 6.01. The van der Waals surface area contributed by atoms with Crippen LogP contribution in [0, 0.1) is 12.8 Å². The van der Waals surface area contributed by atoms with Crippen molar-refractivity contribution < 1.29 is 4.79 Å². The van der Waals surface area contributed by atoms with E-state index in [1.807, 2.05) is 78.6 Å². The van der Waals surface area contributed by atoms with E-state index in [1.54, 1.807) is 10.8 Å². The maximum atomic E-state index is 13.3. The van der Waals surface area contributed by atoms with Crippen LogP contribution in [0.1, 0.15) is 59.9 Å². The van der Waals surface area contributed by atoms with Gasteiger partial charge in [0, 0.05) is 31.3 Å². The first-order chi connectivity index (χ1) is 19.0. The van der Waals surface area contributed by atoms with Gasteiger partial charge in [0.1, 0.15) is 5.82 Å². The van der Waals surface area contributed by atoms with E-state index in [0.717, 1.165) is 48.2 Å². The molecule has 7 nitrogen and oxygen atoms in total. The molecule has 7 heteroatoms. The fourth-order valence-corrected chi connectivity index (χ4v) is 4.90. The van der Waals surface area contributed by atoms with Gasteiger partial charge in [0.25, 0.3) is 11.5 Å². The Bertz CT molecular complexity index is 1420. The van der Waals surface area contributed by atoms with Crippen molar-refractivity contribution in [3.8, 4) is 0 Å². The number of nitrogens with two attached hydrogens (primary N) is 1. The van der Waals surface area contributed by atoms with Gasteiger partial charge in [0.2, 0.25) is 0 Å². The lowest BCUT2D eigenvalue weighted by Gasteiger charge is -2.26. The summed E-state index contributed by atoms with van der Waals surface area (Å²) >= 11 is 0. The first kappa shape index (κ1) is 28.2. The smallest absolute Gasteiger partial charge is 0.280 e. The molecule has 4 rings (SSSR count). The van der Waals surface area contributed by atoms with Gasteiger partial charge in [0.15, 0.2) is 5.52 Å². The van der Waals surface area contributed by atoms with Crippen molar-refractivity contribution in [1.29, 1.82) is 0 Å². The third-order valence-corrected chi connectivity index (χ3v) is 7.08. The van der Waals surface area contributed by atoms with Gasteiger partial charge in [-0.25, -0.2) is 9.97 Å². The molecule has 39 heavy (non-hydrogen) atoms. The van der Waals surface area contributed by atoms with Gasteiger partial charge in [-0.2, -0.15) is 0 Å². The highest BCUT2D eigenvalue weighted by Crippen LogP contribution is 2.16. The summed E-state index contributed by atoms with van der Waals surface area (Å²) in [5.74, 6) is 1.20. The van der Waals surface area contributed by atoms with Crippen LogP contribution in [0.25, 0.3) is 11.0 Å². The van der Waals surface area contributed by atoms with Gasteiger partial charge < -0.3 is 10.6 Å². The number of carbonyl (C=O) groups excluding carboxylic acids is 1. The Kier molecular flexibility index (Phi) is 9.97. The molecule has 0 fully saturated rings. The molecule has 0 aliphatic carbocycles. The second-order valence-electron chi connectivity index (χ2n) is 10.4. The Hall–Kier alpha value is -3.84. The van der Waals surface area contributed by atoms with E-state index in [-0.39, 0.29) is 11.5 Å². The number of carbonyl (C=O) groups is 1. The number of benzene rings is 2. The second-order valence-corrected chi connectivity index (χ2v) is 10.4. The largest absolute Gasteiger partial charge is 0.338 e. The molecule has 1 unspecified atom stereocenters. The zero-order chi connectivity index (χ0) is 27.6. The molecule has 2 heterocycles. The van der Waals surface area contributed by atoms with Gasteiger partial charge >= 0.3 is 0 Å². The number of amides is 1. The number of pyridine rings is 1. The van der Waals surface area contributed by atoms with Crippen molar-refractivity contribution in [1.82, 2.24) is 19.4 Å². The zero-order valence-electron chi connectivity index (χ0n) is 23.1. The van der Waals surface area contributed by atoms with Crippen LogP contribution >= 0.6 is 0 Å². The van der Waals surface area contributed by atoms with Gasteiger partial charge in [-0.15, -0.1) is 0 Å². The number of hydrogen-bond donors (Lipinski definition) is 1. The third kappa shape index (κ3) is 7.60. The molecule has 1 amide bonds. The number of aromatic nitrogens is 3. The number of fused-ring (bicyclic) bond motifs is 1. The predicted octanol–water partition coefficient (Wildman–Crippen LogP) is 4.99. The topological polar surface area (TPSA) is 94.1 Å². The molecule has 0 saturated heterocycles. The Labute approximate surface area is 230 Å². The van der Waals surface area contributed by atoms with E-state index in [1.165, 1.54) is 0 Å². The molecule has 204 valence electrons. The van der Waals surface area contributed by atoms with Crippen molar-refractivity contribution in [2.45, 2.75) is 52.5 Å². The first-order valence-electron chi connectivity index (χ1n) is 13.9. The van der Waals surface area contributed by atoms with Gasteiger partial charge in [-0.05, 0) is 68.5 Å². The highest BCUT2D eigenvalue weighted by molar-refractivity contribution is 5.94. The Balaban J connectivity index is 1.39. The maximum Gasteiger partial charge on any atom is 0.280 e. The van der Waals surface area contributed by atoms with Gasteiger partial charge in [-0.1, -0.05) is 61.4 Å². The van der Waals surface area contributed by atoms with Crippen molar-refractivity contribution >= 4 is 16.9 Å². The van der Waals surface area contributed by atoms with Gasteiger partial charge in [0.05, 0.1) is 12.1 Å². The first-order valence-corrected chi connectivity index (χ1v) is 13.9. The van der Waals surface area contributed by atoms with Crippen molar-refractivity contribution in [2.75, 3.05) is 19.6 Å². The molecule has 0 spiro atoms. The van der Waals surface area contributed by atoms with E-state index in [0.29, 0.717) is 49.6 Å². The molecule has 0 aliphatic heterocycles. The SMILES string of the molecule is Cc1ccc(C(=O)N(CCCN)CC(C)CCCCc2nc3cccnc3c(=O)n2Cc2ccccc2)cc1. The van der Waals surface area contributed by atoms with E-state index in [4.69, 9.17) is 10.7 Å². The number of rotatable bonds is 13. The van der Waals surface area contributed by atoms with E-state index in [9.17, 15) is 9.59 Å². The molecular weight excluding hydrogens is 486 g/mol. The summed E-state index contributed by atoms with van der Waals surface area (Å²) in [5, 5.41) is 0. The third-order valence-electron chi connectivity index (χ3n) is 7.08. The van der Waals surface area contributed by atoms with E-state index >= 15 is 0 Å². The fourth-order valence-electron chi connectivity index (χ4n) is 4.90. The molecule has 2 N–H and O–H groups in total. The van der Waals surface area contributed by atoms with Crippen LogP contribution in [0.3, 0.4) is 0 Å². The highest BCUT2D eigenvalue weighted by atomic mass is 16.2. The molecule has 0 bridgehead atoms. The number of aryl methyl sites for hydroxylation is 2. The van der Waals surface area contributed by atoms with Crippen LogP contribution in [-0.4, -0.2) is 45.0 Å². The van der Waals surface area contributed by atoms with Crippen LogP contribution in [0.15, 0.2) is 77.7 Å². The van der Waals surface area contributed by atoms with Crippen LogP contribution < -0.4 is 11.3 Å². The van der Waals surface area contributed by atoms with Crippen LogP contribution in [0.4, 0.5) is 0 Å². The molecule has 0 radical (unpaired) electrons. The lowest BCUT2D eigenvalue weighted by atomic mass is 10.0. The second kappa shape index (κ2) is 13.8. The molecule has 0 aliphatic rings.